The molecule has 114 valence electrons. The quantitative estimate of drug-likeness (QED) is 0.740. The van der Waals surface area contributed by atoms with Crippen LogP contribution in [0.25, 0.3) is 0 Å². The van der Waals surface area contributed by atoms with E-state index < -0.39 is 5.41 Å². The smallest absolute Gasteiger partial charge is 0.187 e. The summed E-state index contributed by atoms with van der Waals surface area (Å²) in [6.45, 7) is 8.54. The van der Waals surface area contributed by atoms with Gasteiger partial charge in [0, 0.05) is 5.92 Å². The van der Waals surface area contributed by atoms with E-state index in [0.29, 0.717) is 11.5 Å². The van der Waals surface area contributed by atoms with Gasteiger partial charge in [-0.2, -0.15) is 15.8 Å². The van der Waals surface area contributed by atoms with Gasteiger partial charge in [0.2, 0.25) is 0 Å². The Morgan fingerprint density at radius 2 is 1.82 bits per heavy atom. The molecule has 0 aromatic rings. The van der Waals surface area contributed by atoms with E-state index in [4.69, 9.17) is 5.73 Å². The molecule has 0 aromatic carbocycles. The van der Waals surface area contributed by atoms with Gasteiger partial charge in [0.15, 0.2) is 5.41 Å². The number of fused-ring (bicyclic) bond motifs is 1. The largest absolute Gasteiger partial charge is 0.399 e. The number of allylic oxidation sites excluding steroid dienone is 4. The zero-order valence-electron chi connectivity index (χ0n) is 13.6. The molecule has 22 heavy (non-hydrogen) atoms. The van der Waals surface area contributed by atoms with Crippen molar-refractivity contribution in [3.63, 3.8) is 0 Å². The molecule has 2 aliphatic rings. The van der Waals surface area contributed by atoms with Crippen LogP contribution in [0.15, 0.2) is 22.9 Å². The standard InChI is InChI=1S/C18H22N4/c1-11-14-7-12(17(2,3)4)5-6-13(14)15(8-19)16(22)18(11,9-20)10-21/h6,11-12,14H,5,7,22H2,1-4H3/t11-,12+,14+/m1/s1. The molecular formula is C18H22N4. The number of rotatable bonds is 0. The topological polar surface area (TPSA) is 97.4 Å². The first kappa shape index (κ1) is 16.1. The van der Waals surface area contributed by atoms with Gasteiger partial charge < -0.3 is 5.73 Å². The Morgan fingerprint density at radius 3 is 2.27 bits per heavy atom. The SMILES string of the molecule is C[C@@H]1[C@@H]2C[C@@H](C(C)(C)C)CC=C2C(C#N)=C(N)C1(C#N)C#N. The maximum atomic E-state index is 9.60. The van der Waals surface area contributed by atoms with Gasteiger partial charge in [0.25, 0.3) is 0 Å². The number of hydrogen-bond acceptors (Lipinski definition) is 4. The second kappa shape index (κ2) is 5.19. The predicted molar refractivity (Wildman–Crippen MR) is 83.4 cm³/mol. The van der Waals surface area contributed by atoms with Crippen molar-refractivity contribution in [2.75, 3.05) is 0 Å². The van der Waals surface area contributed by atoms with Gasteiger partial charge in [-0.25, -0.2) is 0 Å². The molecule has 0 fully saturated rings. The van der Waals surface area contributed by atoms with Crippen LogP contribution < -0.4 is 5.73 Å². The Bertz CT molecular complexity index is 656. The Balaban J connectivity index is 2.62. The van der Waals surface area contributed by atoms with E-state index in [2.05, 4.69) is 45.1 Å². The minimum Gasteiger partial charge on any atom is -0.399 e. The van der Waals surface area contributed by atoms with Crippen LogP contribution in [0.1, 0.15) is 40.5 Å². The number of nitriles is 3. The van der Waals surface area contributed by atoms with Crippen LogP contribution in [0.2, 0.25) is 0 Å². The fourth-order valence-corrected chi connectivity index (χ4v) is 3.79. The van der Waals surface area contributed by atoms with Crippen LogP contribution in [0, 0.1) is 62.6 Å². The third-order valence-electron chi connectivity index (χ3n) is 5.52. The van der Waals surface area contributed by atoms with Gasteiger partial charge in [0.1, 0.15) is 6.07 Å². The van der Waals surface area contributed by atoms with Crippen LogP contribution in [-0.2, 0) is 0 Å². The number of nitrogens with zero attached hydrogens (tertiary/aromatic N) is 3. The average Bonchev–Trinajstić information content (AvgIpc) is 2.48. The van der Waals surface area contributed by atoms with E-state index in [9.17, 15) is 15.8 Å². The monoisotopic (exact) mass is 294 g/mol. The molecule has 2 N–H and O–H groups in total. The van der Waals surface area contributed by atoms with Crippen molar-refractivity contribution >= 4 is 0 Å². The molecule has 0 aliphatic heterocycles. The third kappa shape index (κ3) is 2.10. The van der Waals surface area contributed by atoms with Gasteiger partial charge in [-0.15, -0.1) is 0 Å². The fraction of sp³-hybridized carbons (Fsp3) is 0.611. The second-order valence-electron chi connectivity index (χ2n) is 7.52. The van der Waals surface area contributed by atoms with Crippen LogP contribution in [-0.4, -0.2) is 0 Å². The molecule has 0 saturated heterocycles. The maximum absolute atomic E-state index is 9.60. The Hall–Kier alpha value is -2.25. The Labute approximate surface area is 132 Å². The summed E-state index contributed by atoms with van der Waals surface area (Å²) in [7, 11) is 0. The first-order valence-electron chi connectivity index (χ1n) is 7.66. The lowest BCUT2D eigenvalue weighted by Crippen LogP contribution is -2.44. The molecular weight excluding hydrogens is 272 g/mol. The predicted octanol–water partition coefficient (Wildman–Crippen LogP) is 3.40. The molecule has 0 spiro atoms. The average molecular weight is 294 g/mol. The van der Waals surface area contributed by atoms with Gasteiger partial charge in [-0.3, -0.25) is 0 Å². The highest BCUT2D eigenvalue weighted by Crippen LogP contribution is 2.53. The summed E-state index contributed by atoms with van der Waals surface area (Å²) in [6, 6.07) is 6.32. The van der Waals surface area contributed by atoms with Gasteiger partial charge in [0.05, 0.1) is 23.4 Å². The number of hydrogen-bond donors (Lipinski definition) is 1. The first-order valence-corrected chi connectivity index (χ1v) is 7.66. The first-order chi connectivity index (χ1) is 10.2. The number of nitrogens with two attached hydrogens (primary N) is 1. The minimum atomic E-state index is -1.40. The molecule has 3 atom stereocenters. The van der Waals surface area contributed by atoms with E-state index in [1.807, 2.05) is 6.92 Å². The molecule has 0 bridgehead atoms. The highest BCUT2D eigenvalue weighted by molar-refractivity contribution is 5.56. The minimum absolute atomic E-state index is 0.0409. The second-order valence-corrected chi connectivity index (χ2v) is 7.52. The molecule has 0 unspecified atom stereocenters. The summed E-state index contributed by atoms with van der Waals surface area (Å²) < 4.78 is 0. The van der Waals surface area contributed by atoms with Gasteiger partial charge in [-0.1, -0.05) is 33.8 Å². The maximum Gasteiger partial charge on any atom is 0.187 e. The fourth-order valence-electron chi connectivity index (χ4n) is 3.79. The van der Waals surface area contributed by atoms with Crippen LogP contribution in [0.5, 0.6) is 0 Å². The molecule has 2 aliphatic carbocycles. The molecule has 0 saturated carbocycles. The van der Waals surface area contributed by atoms with E-state index in [1.54, 1.807) is 0 Å². The van der Waals surface area contributed by atoms with Crippen molar-refractivity contribution in [1.82, 2.24) is 0 Å². The van der Waals surface area contributed by atoms with Crippen LogP contribution in [0.3, 0.4) is 0 Å². The van der Waals surface area contributed by atoms with E-state index in [1.165, 1.54) is 0 Å². The van der Waals surface area contributed by atoms with E-state index in [-0.39, 0.29) is 22.9 Å². The lowest BCUT2D eigenvalue weighted by atomic mass is 9.56. The summed E-state index contributed by atoms with van der Waals surface area (Å²) in [6.07, 6.45) is 3.90. The highest BCUT2D eigenvalue weighted by Gasteiger charge is 2.52. The molecule has 0 radical (unpaired) electrons. The molecule has 4 heteroatoms. The highest BCUT2D eigenvalue weighted by atomic mass is 14.7. The van der Waals surface area contributed by atoms with Gasteiger partial charge >= 0.3 is 0 Å². The molecule has 4 nitrogen and oxygen atoms in total. The molecule has 0 aromatic heterocycles. The summed E-state index contributed by atoms with van der Waals surface area (Å²) in [5.41, 5.74) is 6.25. The summed E-state index contributed by atoms with van der Waals surface area (Å²) in [5.74, 6) is 0.299. The Morgan fingerprint density at radius 1 is 1.23 bits per heavy atom. The zero-order valence-corrected chi connectivity index (χ0v) is 13.6. The summed E-state index contributed by atoms with van der Waals surface area (Å²) in [4.78, 5) is 0. The summed E-state index contributed by atoms with van der Waals surface area (Å²) >= 11 is 0. The lowest BCUT2D eigenvalue weighted by molar-refractivity contribution is 0.151. The van der Waals surface area contributed by atoms with E-state index >= 15 is 0 Å². The molecule has 0 amide bonds. The zero-order chi connectivity index (χ0) is 16.7. The lowest BCUT2D eigenvalue weighted by Gasteiger charge is -2.45. The third-order valence-corrected chi connectivity index (χ3v) is 5.52. The van der Waals surface area contributed by atoms with Crippen molar-refractivity contribution in [3.05, 3.63) is 22.9 Å². The Kier molecular flexibility index (Phi) is 3.80. The van der Waals surface area contributed by atoms with Crippen molar-refractivity contribution in [1.29, 1.82) is 15.8 Å². The van der Waals surface area contributed by atoms with Crippen molar-refractivity contribution in [3.8, 4) is 18.2 Å². The van der Waals surface area contributed by atoms with Crippen molar-refractivity contribution in [2.45, 2.75) is 40.5 Å². The normalized spacial score (nSPS) is 30.4. The van der Waals surface area contributed by atoms with E-state index in [0.717, 1.165) is 18.4 Å². The van der Waals surface area contributed by atoms with Crippen LogP contribution in [0.4, 0.5) is 0 Å². The van der Waals surface area contributed by atoms with Crippen molar-refractivity contribution < 1.29 is 0 Å². The molecule has 0 heterocycles. The van der Waals surface area contributed by atoms with Crippen LogP contribution >= 0.6 is 0 Å². The van der Waals surface area contributed by atoms with Gasteiger partial charge in [-0.05, 0) is 35.7 Å². The molecule has 2 rings (SSSR count). The van der Waals surface area contributed by atoms with Crippen molar-refractivity contribution in [2.24, 2.45) is 34.3 Å². The summed E-state index contributed by atoms with van der Waals surface area (Å²) in [5, 5.41) is 28.7.